The zero-order chi connectivity index (χ0) is 25.5. The molecule has 3 aromatic carbocycles. The average Bonchev–Trinajstić information content (AvgIpc) is 3.35. The van der Waals surface area contributed by atoms with E-state index in [1.807, 2.05) is 54.7 Å². The molecule has 0 saturated carbocycles. The van der Waals surface area contributed by atoms with Gasteiger partial charge >= 0.3 is 0 Å². The number of nitrogens with two attached hydrogens (primary N) is 1. The van der Waals surface area contributed by atoms with E-state index in [4.69, 9.17) is 20.3 Å². The van der Waals surface area contributed by atoms with Crippen molar-refractivity contribution in [1.29, 1.82) is 0 Å². The Morgan fingerprint density at radius 3 is 2.25 bits per heavy atom. The van der Waals surface area contributed by atoms with E-state index in [2.05, 4.69) is 5.32 Å². The second-order valence-corrected chi connectivity index (χ2v) is 7.87. The van der Waals surface area contributed by atoms with Gasteiger partial charge in [0.1, 0.15) is 11.7 Å². The highest BCUT2D eigenvalue weighted by atomic mass is 16.5. The van der Waals surface area contributed by atoms with Gasteiger partial charge in [-0.2, -0.15) is 5.10 Å². The van der Waals surface area contributed by atoms with E-state index in [-0.39, 0.29) is 0 Å². The lowest BCUT2D eigenvalue weighted by Crippen LogP contribution is -2.36. The molecule has 0 aliphatic heterocycles. The van der Waals surface area contributed by atoms with Crippen LogP contribution in [0, 0.1) is 0 Å². The zero-order valence-corrected chi connectivity index (χ0v) is 19.9. The fourth-order valence-electron chi connectivity index (χ4n) is 3.75. The van der Waals surface area contributed by atoms with E-state index in [0.29, 0.717) is 28.3 Å². The van der Waals surface area contributed by atoms with Crippen LogP contribution in [0.15, 0.2) is 91.1 Å². The van der Waals surface area contributed by atoms with Crippen molar-refractivity contribution in [1.82, 2.24) is 15.1 Å². The van der Waals surface area contributed by atoms with E-state index in [0.717, 1.165) is 11.3 Å². The molecule has 1 heterocycles. The zero-order valence-electron chi connectivity index (χ0n) is 19.9. The smallest absolute Gasteiger partial charge is 0.244 e. The van der Waals surface area contributed by atoms with E-state index in [9.17, 15) is 9.59 Å². The Balaban J connectivity index is 1.67. The molecule has 0 fully saturated rings. The predicted molar refractivity (Wildman–Crippen MR) is 138 cm³/mol. The number of para-hydroxylation sites is 1. The minimum atomic E-state index is -0.944. The van der Waals surface area contributed by atoms with Gasteiger partial charge in [0, 0.05) is 23.4 Å². The Bertz CT molecular complexity index is 1380. The highest BCUT2D eigenvalue weighted by Crippen LogP contribution is 2.33. The number of hydrogen-bond donors (Lipinski definition) is 2. The molecule has 1 unspecified atom stereocenters. The Hall–Kier alpha value is -4.85. The van der Waals surface area contributed by atoms with Gasteiger partial charge in [-0.3, -0.25) is 9.59 Å². The number of carbonyl (C=O) groups is 2. The molecule has 4 aromatic rings. The summed E-state index contributed by atoms with van der Waals surface area (Å²) in [5, 5.41) is 7.43. The van der Waals surface area contributed by atoms with Crippen LogP contribution in [0.5, 0.6) is 11.5 Å². The fourth-order valence-corrected chi connectivity index (χ4v) is 3.75. The molecule has 182 valence electrons. The molecule has 0 bridgehead atoms. The number of rotatable bonds is 9. The minimum Gasteiger partial charge on any atom is -0.493 e. The maximum absolute atomic E-state index is 12.7. The number of nitrogens with zero attached hydrogens (tertiary/aromatic N) is 2. The first-order valence-corrected chi connectivity index (χ1v) is 11.2. The molecule has 1 aromatic heterocycles. The van der Waals surface area contributed by atoms with Gasteiger partial charge in [-0.15, -0.1) is 0 Å². The van der Waals surface area contributed by atoms with Gasteiger partial charge in [0.2, 0.25) is 11.8 Å². The predicted octanol–water partition coefficient (Wildman–Crippen LogP) is 3.91. The van der Waals surface area contributed by atoms with Crippen LogP contribution in [-0.4, -0.2) is 35.8 Å². The average molecular weight is 483 g/mol. The standard InChI is InChI=1S/C28H26N4O4/c1-35-23-15-13-20(17-24(23)36-2)26-21(18-32(31-26)22-11-7-4-8-12-22)14-16-25(33)30-27(28(29)34)19-9-5-3-6-10-19/h3-18,27H,1-2H3,(H2,29,34)(H,30,33)/b16-14+. The molecule has 0 spiro atoms. The Labute approximate surface area is 209 Å². The van der Waals surface area contributed by atoms with Crippen molar-refractivity contribution < 1.29 is 19.1 Å². The summed E-state index contributed by atoms with van der Waals surface area (Å²) >= 11 is 0. The van der Waals surface area contributed by atoms with Gasteiger partial charge in [-0.05, 0) is 42.0 Å². The number of aromatic nitrogens is 2. The summed E-state index contributed by atoms with van der Waals surface area (Å²) < 4.78 is 12.5. The Morgan fingerprint density at radius 2 is 1.61 bits per heavy atom. The van der Waals surface area contributed by atoms with Crippen molar-refractivity contribution in [3.8, 4) is 28.4 Å². The van der Waals surface area contributed by atoms with Crippen LogP contribution in [0.4, 0.5) is 0 Å². The number of nitrogens with one attached hydrogen (secondary N) is 1. The summed E-state index contributed by atoms with van der Waals surface area (Å²) in [5.74, 6) is 0.0435. The van der Waals surface area contributed by atoms with Crippen molar-refractivity contribution in [2.45, 2.75) is 6.04 Å². The molecule has 0 aliphatic rings. The van der Waals surface area contributed by atoms with Crippen molar-refractivity contribution in [2.24, 2.45) is 5.73 Å². The van der Waals surface area contributed by atoms with E-state index < -0.39 is 17.9 Å². The van der Waals surface area contributed by atoms with E-state index in [1.54, 1.807) is 55.3 Å². The minimum absolute atomic E-state index is 0.464. The van der Waals surface area contributed by atoms with Crippen LogP contribution in [0.25, 0.3) is 23.0 Å². The van der Waals surface area contributed by atoms with Crippen LogP contribution in [0.3, 0.4) is 0 Å². The largest absolute Gasteiger partial charge is 0.493 e. The van der Waals surface area contributed by atoms with Gasteiger partial charge < -0.3 is 20.5 Å². The highest BCUT2D eigenvalue weighted by molar-refractivity contribution is 5.96. The van der Waals surface area contributed by atoms with Crippen molar-refractivity contribution >= 4 is 17.9 Å². The van der Waals surface area contributed by atoms with Gasteiger partial charge in [0.05, 0.1) is 19.9 Å². The molecule has 3 N–H and O–H groups in total. The van der Waals surface area contributed by atoms with E-state index >= 15 is 0 Å². The first-order chi connectivity index (χ1) is 17.5. The van der Waals surface area contributed by atoms with Crippen molar-refractivity contribution in [3.63, 3.8) is 0 Å². The Morgan fingerprint density at radius 1 is 0.944 bits per heavy atom. The number of methoxy groups -OCH3 is 2. The molecule has 0 aliphatic carbocycles. The summed E-state index contributed by atoms with van der Waals surface area (Å²) in [7, 11) is 3.14. The molecule has 1 atom stereocenters. The lowest BCUT2D eigenvalue weighted by molar-refractivity contribution is -0.125. The van der Waals surface area contributed by atoms with Crippen LogP contribution in [-0.2, 0) is 9.59 Å². The molecule has 8 nitrogen and oxygen atoms in total. The van der Waals surface area contributed by atoms with Gasteiger partial charge in [-0.1, -0.05) is 48.5 Å². The van der Waals surface area contributed by atoms with Crippen molar-refractivity contribution in [2.75, 3.05) is 14.2 Å². The summed E-state index contributed by atoms with van der Waals surface area (Å²) in [4.78, 5) is 24.7. The SMILES string of the molecule is COc1ccc(-c2nn(-c3ccccc3)cc2/C=C/C(=O)NC(C(N)=O)c2ccccc2)cc1OC. The molecule has 4 rings (SSSR count). The van der Waals surface area contributed by atoms with Gasteiger partial charge in [-0.25, -0.2) is 4.68 Å². The molecule has 36 heavy (non-hydrogen) atoms. The lowest BCUT2D eigenvalue weighted by Gasteiger charge is -2.14. The summed E-state index contributed by atoms with van der Waals surface area (Å²) in [5.41, 5.74) is 9.11. The molecular formula is C28H26N4O4. The topological polar surface area (TPSA) is 108 Å². The van der Waals surface area contributed by atoms with Crippen LogP contribution < -0.4 is 20.5 Å². The lowest BCUT2D eigenvalue weighted by atomic mass is 10.1. The number of ether oxygens (including phenoxy) is 2. The third kappa shape index (κ3) is 5.44. The number of benzene rings is 3. The first kappa shape index (κ1) is 24.3. The first-order valence-electron chi connectivity index (χ1n) is 11.2. The number of carbonyl (C=O) groups excluding carboxylic acids is 2. The van der Waals surface area contributed by atoms with Crippen molar-refractivity contribution in [3.05, 3.63) is 102 Å². The van der Waals surface area contributed by atoms with Gasteiger partial charge in [0.25, 0.3) is 0 Å². The molecular weight excluding hydrogens is 456 g/mol. The van der Waals surface area contributed by atoms with Crippen LogP contribution in [0.1, 0.15) is 17.2 Å². The number of primary amides is 1. The normalized spacial score (nSPS) is 11.7. The summed E-state index contributed by atoms with van der Waals surface area (Å²) in [6, 6.07) is 23.0. The maximum Gasteiger partial charge on any atom is 0.244 e. The van der Waals surface area contributed by atoms with Crippen LogP contribution in [0.2, 0.25) is 0 Å². The maximum atomic E-state index is 12.7. The third-order valence-corrected chi connectivity index (χ3v) is 5.54. The summed E-state index contributed by atoms with van der Waals surface area (Å²) in [6.07, 6.45) is 4.83. The molecule has 0 radical (unpaired) electrons. The Kier molecular flexibility index (Phi) is 7.45. The molecule has 8 heteroatoms. The fraction of sp³-hybridized carbons (Fsp3) is 0.107. The van der Waals surface area contributed by atoms with Crippen LogP contribution >= 0.6 is 0 Å². The second kappa shape index (κ2) is 11.1. The van der Waals surface area contributed by atoms with Gasteiger partial charge in [0.15, 0.2) is 11.5 Å². The monoisotopic (exact) mass is 482 g/mol. The number of hydrogen-bond acceptors (Lipinski definition) is 5. The van der Waals surface area contributed by atoms with E-state index in [1.165, 1.54) is 6.08 Å². The molecule has 2 amide bonds. The highest BCUT2D eigenvalue weighted by Gasteiger charge is 2.19. The number of amides is 2. The quantitative estimate of drug-likeness (QED) is 0.352. The summed E-state index contributed by atoms with van der Waals surface area (Å²) in [6.45, 7) is 0. The molecule has 0 saturated heterocycles. The second-order valence-electron chi connectivity index (χ2n) is 7.87. The third-order valence-electron chi connectivity index (χ3n) is 5.54.